The molecule has 0 amide bonds. The van der Waals surface area contributed by atoms with Crippen molar-refractivity contribution in [2.45, 2.75) is 44.1 Å². The average molecular weight is 247 g/mol. The Balaban J connectivity index is 2.50. The Morgan fingerprint density at radius 3 is 2.59 bits per heavy atom. The van der Waals surface area contributed by atoms with Gasteiger partial charge in [0.2, 0.25) is 0 Å². The first-order valence-electron chi connectivity index (χ1n) is 5.44. The molecule has 1 aliphatic rings. The van der Waals surface area contributed by atoms with E-state index in [1.54, 1.807) is 6.92 Å². The Bertz CT molecular complexity index is 282. The zero-order valence-corrected chi connectivity index (χ0v) is 9.51. The van der Waals surface area contributed by atoms with Crippen LogP contribution >= 0.6 is 0 Å². The second-order valence-corrected chi connectivity index (χ2v) is 3.75. The molecule has 0 aromatic heterocycles. The molecule has 0 spiro atoms. The highest BCUT2D eigenvalue weighted by molar-refractivity contribution is 4.88. The Kier molecular flexibility index (Phi) is 5.63. The van der Waals surface area contributed by atoms with Gasteiger partial charge in [0.15, 0.2) is 6.29 Å². The van der Waals surface area contributed by atoms with Gasteiger partial charge >= 0.3 is 0 Å². The van der Waals surface area contributed by atoms with Gasteiger partial charge in [0.25, 0.3) is 0 Å². The lowest BCUT2D eigenvalue weighted by Crippen LogP contribution is -2.58. The number of hydrogen-bond acceptors (Lipinski definition) is 6. The number of hydrogen-bond donors (Lipinski definition) is 3. The molecule has 8 heteroatoms. The van der Waals surface area contributed by atoms with Crippen molar-refractivity contribution in [3.05, 3.63) is 10.4 Å². The Hall–Kier alpha value is -0.890. The molecular weight excluding hydrogens is 230 g/mol. The zero-order chi connectivity index (χ0) is 12.8. The summed E-state index contributed by atoms with van der Waals surface area (Å²) < 4.78 is 10.4. The van der Waals surface area contributed by atoms with Crippen LogP contribution < -0.4 is 0 Å². The molecule has 1 fully saturated rings. The van der Waals surface area contributed by atoms with Crippen LogP contribution in [0.5, 0.6) is 0 Å². The fourth-order valence-corrected chi connectivity index (χ4v) is 1.65. The highest BCUT2D eigenvalue weighted by Crippen LogP contribution is 2.23. The van der Waals surface area contributed by atoms with Gasteiger partial charge in [0.1, 0.15) is 18.3 Å². The molecular formula is C9H17N3O5. The third-order valence-corrected chi connectivity index (χ3v) is 2.61. The predicted molar refractivity (Wildman–Crippen MR) is 56.9 cm³/mol. The third-order valence-electron chi connectivity index (χ3n) is 2.61. The molecule has 0 saturated carbocycles. The van der Waals surface area contributed by atoms with Gasteiger partial charge in [-0.05, 0) is 12.0 Å². The van der Waals surface area contributed by atoms with Crippen LogP contribution in [0.15, 0.2) is 5.11 Å². The lowest BCUT2D eigenvalue weighted by Gasteiger charge is -2.39. The highest BCUT2D eigenvalue weighted by Gasteiger charge is 2.43. The fraction of sp³-hybridized carbons (Fsp3) is 1.00. The maximum Gasteiger partial charge on any atom is 0.186 e. The first kappa shape index (κ1) is 14.2. The van der Waals surface area contributed by atoms with Gasteiger partial charge in [-0.3, -0.25) is 0 Å². The lowest BCUT2D eigenvalue weighted by atomic mass is 9.97. The number of nitrogens with zero attached hydrogens (tertiary/aromatic N) is 3. The molecule has 2 unspecified atom stereocenters. The van der Waals surface area contributed by atoms with Crippen molar-refractivity contribution in [1.29, 1.82) is 0 Å². The van der Waals surface area contributed by atoms with Crippen molar-refractivity contribution in [1.82, 2.24) is 0 Å². The molecule has 3 N–H and O–H groups in total. The third kappa shape index (κ3) is 3.53. The topological polar surface area (TPSA) is 128 Å². The molecule has 1 saturated heterocycles. The minimum Gasteiger partial charge on any atom is -0.388 e. The van der Waals surface area contributed by atoms with Crippen LogP contribution in [0.3, 0.4) is 0 Å². The average Bonchev–Trinajstić information content (AvgIpc) is 2.34. The van der Waals surface area contributed by atoms with Crippen LogP contribution in [0.25, 0.3) is 10.4 Å². The summed E-state index contributed by atoms with van der Waals surface area (Å²) in [6.45, 7) is 1.97. The Morgan fingerprint density at radius 2 is 2.00 bits per heavy atom. The number of aliphatic hydroxyl groups is 3. The highest BCUT2D eigenvalue weighted by atomic mass is 16.7. The van der Waals surface area contributed by atoms with Crippen LogP contribution in [0.4, 0.5) is 0 Å². The first-order chi connectivity index (χ1) is 8.11. The number of aliphatic hydroxyl groups excluding tert-OH is 3. The maximum absolute atomic E-state index is 9.61. The molecule has 0 aromatic carbocycles. The van der Waals surface area contributed by atoms with Gasteiger partial charge in [0.05, 0.1) is 12.7 Å². The molecule has 1 aliphatic heterocycles. The number of rotatable bonds is 5. The second-order valence-electron chi connectivity index (χ2n) is 3.75. The summed E-state index contributed by atoms with van der Waals surface area (Å²) in [5.74, 6) is 0. The van der Waals surface area contributed by atoms with Crippen molar-refractivity contribution in [3.8, 4) is 0 Å². The quantitative estimate of drug-likeness (QED) is 0.262. The van der Waals surface area contributed by atoms with Crippen LogP contribution in [0, 0.1) is 0 Å². The monoisotopic (exact) mass is 247 g/mol. The molecule has 98 valence electrons. The smallest absolute Gasteiger partial charge is 0.186 e. The molecule has 1 heterocycles. The van der Waals surface area contributed by atoms with E-state index in [-0.39, 0.29) is 13.2 Å². The largest absolute Gasteiger partial charge is 0.388 e. The van der Waals surface area contributed by atoms with E-state index in [4.69, 9.17) is 15.0 Å². The molecule has 1 rings (SSSR count). The van der Waals surface area contributed by atoms with Gasteiger partial charge in [-0.1, -0.05) is 12.0 Å². The Morgan fingerprint density at radius 1 is 1.29 bits per heavy atom. The predicted octanol–water partition coefficient (Wildman–Crippen LogP) is -0.469. The van der Waals surface area contributed by atoms with E-state index in [0.717, 1.165) is 0 Å². The van der Waals surface area contributed by atoms with E-state index in [1.165, 1.54) is 0 Å². The molecule has 17 heavy (non-hydrogen) atoms. The molecule has 5 atom stereocenters. The molecule has 0 bridgehead atoms. The van der Waals surface area contributed by atoms with E-state index in [9.17, 15) is 15.3 Å². The van der Waals surface area contributed by atoms with Gasteiger partial charge < -0.3 is 24.8 Å². The van der Waals surface area contributed by atoms with Crippen LogP contribution in [0.1, 0.15) is 13.3 Å². The first-order valence-corrected chi connectivity index (χ1v) is 5.44. The normalized spacial score (nSPS) is 37.5. The standard InChI is InChI=1S/C9H17N3O5/c1-2-5-6(13)7(14)8(15)9(17-5)16-4-3-11-12-10/h5-9,13-15H,2-4H2,1H3/t5?,6-,7?,8+,9-/m1/s1. The minimum absolute atomic E-state index is 0.0744. The summed E-state index contributed by atoms with van der Waals surface area (Å²) >= 11 is 0. The number of ether oxygens (including phenoxy) is 2. The van der Waals surface area contributed by atoms with Crippen LogP contribution in [-0.2, 0) is 9.47 Å². The summed E-state index contributed by atoms with van der Waals surface area (Å²) in [5, 5.41) is 32.0. The van der Waals surface area contributed by atoms with Crippen molar-refractivity contribution < 1.29 is 24.8 Å². The van der Waals surface area contributed by atoms with E-state index >= 15 is 0 Å². The van der Waals surface area contributed by atoms with Crippen LogP contribution in [0.2, 0.25) is 0 Å². The molecule has 8 nitrogen and oxygen atoms in total. The maximum atomic E-state index is 9.61. The number of azide groups is 1. The summed E-state index contributed by atoms with van der Waals surface area (Å²) in [7, 11) is 0. The summed E-state index contributed by atoms with van der Waals surface area (Å²) in [6.07, 6.45) is -4.88. The van der Waals surface area contributed by atoms with Crippen LogP contribution in [-0.4, -0.2) is 59.2 Å². The minimum atomic E-state index is -1.32. The van der Waals surface area contributed by atoms with E-state index < -0.39 is 30.7 Å². The summed E-state index contributed by atoms with van der Waals surface area (Å²) in [5.41, 5.74) is 8.06. The van der Waals surface area contributed by atoms with Gasteiger partial charge in [0, 0.05) is 11.5 Å². The summed E-state index contributed by atoms with van der Waals surface area (Å²) in [4.78, 5) is 2.55. The van der Waals surface area contributed by atoms with E-state index in [1.807, 2.05) is 0 Å². The summed E-state index contributed by atoms with van der Waals surface area (Å²) in [6, 6.07) is 0. The molecule has 0 aliphatic carbocycles. The molecule has 0 aromatic rings. The lowest BCUT2D eigenvalue weighted by molar-refractivity contribution is -0.296. The van der Waals surface area contributed by atoms with Gasteiger partial charge in [-0.25, -0.2) is 0 Å². The SMILES string of the molecule is CCC1O[C@@H](OCCN=[N+]=[N-])[C@@H](O)C(O)[C@@H]1O. The zero-order valence-electron chi connectivity index (χ0n) is 9.51. The van der Waals surface area contributed by atoms with Crippen molar-refractivity contribution >= 4 is 0 Å². The van der Waals surface area contributed by atoms with Gasteiger partial charge in [-0.2, -0.15) is 0 Å². The molecule has 0 radical (unpaired) electrons. The second kappa shape index (κ2) is 6.75. The van der Waals surface area contributed by atoms with E-state index in [0.29, 0.717) is 6.42 Å². The van der Waals surface area contributed by atoms with Crippen molar-refractivity contribution in [3.63, 3.8) is 0 Å². The van der Waals surface area contributed by atoms with Crippen molar-refractivity contribution in [2.75, 3.05) is 13.2 Å². The van der Waals surface area contributed by atoms with Gasteiger partial charge in [-0.15, -0.1) is 0 Å². The van der Waals surface area contributed by atoms with Crippen molar-refractivity contribution in [2.24, 2.45) is 5.11 Å². The van der Waals surface area contributed by atoms with E-state index in [2.05, 4.69) is 10.0 Å². The fourth-order valence-electron chi connectivity index (χ4n) is 1.65. The Labute approximate surface area is 98.4 Å².